The molecular formula is C15H22N2O2S. The molecule has 2 saturated carbocycles. The lowest BCUT2D eigenvalue weighted by atomic mass is 10.0. The number of primary sulfonamides is 1. The molecule has 4 nitrogen and oxygen atoms in total. The molecule has 3 N–H and O–H groups in total. The summed E-state index contributed by atoms with van der Waals surface area (Å²) in [7, 11) is -3.60. The van der Waals surface area contributed by atoms with E-state index in [1.807, 2.05) is 12.1 Å². The Morgan fingerprint density at radius 1 is 1.10 bits per heavy atom. The van der Waals surface area contributed by atoms with E-state index in [0.717, 1.165) is 17.4 Å². The number of hydrogen-bond donors (Lipinski definition) is 2. The highest BCUT2D eigenvalue weighted by molar-refractivity contribution is 7.89. The van der Waals surface area contributed by atoms with E-state index in [1.54, 1.807) is 12.1 Å². The van der Waals surface area contributed by atoms with E-state index in [9.17, 15) is 8.42 Å². The smallest absolute Gasteiger partial charge is 0.238 e. The van der Waals surface area contributed by atoms with Crippen molar-refractivity contribution in [1.82, 2.24) is 5.32 Å². The van der Waals surface area contributed by atoms with Gasteiger partial charge in [-0.15, -0.1) is 0 Å². The third-order valence-electron chi connectivity index (χ3n) is 4.41. The summed E-state index contributed by atoms with van der Waals surface area (Å²) in [4.78, 5) is 0.175. The molecule has 0 spiro atoms. The van der Waals surface area contributed by atoms with E-state index in [0.29, 0.717) is 6.04 Å². The molecule has 0 heterocycles. The summed E-state index contributed by atoms with van der Waals surface area (Å²) < 4.78 is 22.5. The fourth-order valence-electron chi connectivity index (χ4n) is 2.90. The summed E-state index contributed by atoms with van der Waals surface area (Å²) >= 11 is 0. The van der Waals surface area contributed by atoms with Crippen LogP contribution in [0.25, 0.3) is 0 Å². The summed E-state index contributed by atoms with van der Waals surface area (Å²) in [6.45, 7) is 2.14. The molecule has 0 amide bonds. The maximum Gasteiger partial charge on any atom is 0.238 e. The molecule has 0 aliphatic heterocycles. The zero-order chi connectivity index (χ0) is 14.3. The first kappa shape index (κ1) is 14.0. The Morgan fingerprint density at radius 3 is 2.00 bits per heavy atom. The second-order valence-corrected chi connectivity index (χ2v) is 7.76. The molecule has 3 rings (SSSR count). The van der Waals surface area contributed by atoms with Crippen molar-refractivity contribution in [2.75, 3.05) is 0 Å². The van der Waals surface area contributed by atoms with Crippen LogP contribution >= 0.6 is 0 Å². The highest BCUT2D eigenvalue weighted by atomic mass is 32.2. The average Bonchev–Trinajstić information content (AvgIpc) is 3.28. The SMILES string of the molecule is CC(NC(C1CC1)C1CC1)c1ccc(S(N)(=O)=O)cc1. The number of benzene rings is 1. The molecule has 110 valence electrons. The Bertz CT molecular complexity index is 562. The molecule has 2 fully saturated rings. The Labute approximate surface area is 120 Å². The molecule has 0 radical (unpaired) electrons. The van der Waals surface area contributed by atoms with Crippen LogP contribution in [0, 0.1) is 11.8 Å². The first-order valence-electron chi connectivity index (χ1n) is 7.34. The van der Waals surface area contributed by atoms with Crippen LogP contribution in [0.2, 0.25) is 0 Å². The molecule has 2 aliphatic carbocycles. The van der Waals surface area contributed by atoms with Gasteiger partial charge in [0.1, 0.15) is 0 Å². The Morgan fingerprint density at radius 2 is 1.60 bits per heavy atom. The van der Waals surface area contributed by atoms with Crippen LogP contribution in [-0.2, 0) is 10.0 Å². The summed E-state index contributed by atoms with van der Waals surface area (Å²) in [5.74, 6) is 1.71. The summed E-state index contributed by atoms with van der Waals surface area (Å²) in [6.07, 6.45) is 5.41. The average molecular weight is 294 g/mol. The lowest BCUT2D eigenvalue weighted by Crippen LogP contribution is -2.35. The second-order valence-electron chi connectivity index (χ2n) is 6.20. The predicted octanol–water partition coefficient (Wildman–Crippen LogP) is 2.17. The zero-order valence-electron chi connectivity index (χ0n) is 11.7. The van der Waals surface area contributed by atoms with E-state index in [2.05, 4.69) is 12.2 Å². The minimum atomic E-state index is -3.60. The number of nitrogens with two attached hydrogens (primary N) is 1. The van der Waals surface area contributed by atoms with Gasteiger partial charge in [-0.25, -0.2) is 13.6 Å². The maximum absolute atomic E-state index is 11.2. The van der Waals surface area contributed by atoms with Gasteiger partial charge in [-0.2, -0.15) is 0 Å². The van der Waals surface area contributed by atoms with Crippen molar-refractivity contribution in [3.05, 3.63) is 29.8 Å². The molecule has 2 aliphatic rings. The molecule has 5 heteroatoms. The normalized spacial score (nSPS) is 21.1. The fourth-order valence-corrected chi connectivity index (χ4v) is 3.41. The summed E-state index contributed by atoms with van der Waals surface area (Å²) in [5.41, 5.74) is 1.11. The predicted molar refractivity (Wildman–Crippen MR) is 78.6 cm³/mol. The van der Waals surface area contributed by atoms with Crippen LogP contribution in [-0.4, -0.2) is 14.5 Å². The van der Waals surface area contributed by atoms with Crippen molar-refractivity contribution in [1.29, 1.82) is 0 Å². The van der Waals surface area contributed by atoms with Crippen LogP contribution in [0.4, 0.5) is 0 Å². The Hall–Kier alpha value is -0.910. The first-order valence-corrected chi connectivity index (χ1v) is 8.88. The maximum atomic E-state index is 11.2. The van der Waals surface area contributed by atoms with E-state index in [4.69, 9.17) is 5.14 Å². The third-order valence-corrected chi connectivity index (χ3v) is 5.34. The van der Waals surface area contributed by atoms with Crippen molar-refractivity contribution in [3.63, 3.8) is 0 Å². The molecule has 20 heavy (non-hydrogen) atoms. The third kappa shape index (κ3) is 3.22. The van der Waals surface area contributed by atoms with Crippen molar-refractivity contribution in [2.45, 2.75) is 49.6 Å². The van der Waals surface area contributed by atoms with Crippen molar-refractivity contribution < 1.29 is 8.42 Å². The standard InChI is InChI=1S/C15H22N2O2S/c1-10(17-15(12-2-3-12)13-4-5-13)11-6-8-14(9-7-11)20(16,18)19/h6-10,12-13,15,17H,2-5H2,1H3,(H2,16,18,19). The molecule has 1 unspecified atom stereocenters. The van der Waals surface area contributed by atoms with E-state index in [-0.39, 0.29) is 10.9 Å². The molecule has 1 aromatic rings. The van der Waals surface area contributed by atoms with Crippen molar-refractivity contribution in [3.8, 4) is 0 Å². The van der Waals surface area contributed by atoms with Gasteiger partial charge in [0.25, 0.3) is 0 Å². The van der Waals surface area contributed by atoms with E-state index >= 15 is 0 Å². The minimum absolute atomic E-state index is 0.175. The molecule has 0 aromatic heterocycles. The van der Waals surface area contributed by atoms with Gasteiger partial charge in [0.2, 0.25) is 10.0 Å². The van der Waals surface area contributed by atoms with Crippen molar-refractivity contribution in [2.24, 2.45) is 17.0 Å². The minimum Gasteiger partial charge on any atom is -0.307 e. The zero-order valence-corrected chi connectivity index (χ0v) is 12.6. The monoisotopic (exact) mass is 294 g/mol. The number of sulfonamides is 1. The highest BCUT2D eigenvalue weighted by Crippen LogP contribution is 2.45. The van der Waals surface area contributed by atoms with Gasteiger partial charge < -0.3 is 5.32 Å². The largest absolute Gasteiger partial charge is 0.307 e. The van der Waals surface area contributed by atoms with Gasteiger partial charge in [-0.1, -0.05) is 12.1 Å². The molecule has 0 bridgehead atoms. The van der Waals surface area contributed by atoms with Crippen LogP contribution in [0.1, 0.15) is 44.2 Å². The van der Waals surface area contributed by atoms with E-state index < -0.39 is 10.0 Å². The van der Waals surface area contributed by atoms with Crippen LogP contribution in [0.5, 0.6) is 0 Å². The second kappa shape index (κ2) is 5.13. The van der Waals surface area contributed by atoms with Gasteiger partial charge in [-0.3, -0.25) is 0 Å². The van der Waals surface area contributed by atoms with E-state index in [1.165, 1.54) is 25.7 Å². The van der Waals surface area contributed by atoms with Gasteiger partial charge in [0, 0.05) is 12.1 Å². The molecule has 0 saturated heterocycles. The topological polar surface area (TPSA) is 72.2 Å². The number of nitrogens with one attached hydrogen (secondary N) is 1. The lowest BCUT2D eigenvalue weighted by Gasteiger charge is -2.23. The summed E-state index contributed by atoms with van der Waals surface area (Å²) in [6, 6.07) is 7.78. The number of hydrogen-bond acceptors (Lipinski definition) is 3. The Balaban J connectivity index is 1.68. The highest BCUT2D eigenvalue weighted by Gasteiger charge is 2.41. The van der Waals surface area contributed by atoms with Gasteiger partial charge in [0.15, 0.2) is 0 Å². The lowest BCUT2D eigenvalue weighted by molar-refractivity contribution is 0.377. The van der Waals surface area contributed by atoms with Crippen molar-refractivity contribution >= 4 is 10.0 Å². The molecule has 1 aromatic carbocycles. The first-order chi connectivity index (χ1) is 9.45. The molecular weight excluding hydrogens is 272 g/mol. The summed E-state index contributed by atoms with van der Waals surface area (Å²) in [5, 5.41) is 8.85. The fraction of sp³-hybridized carbons (Fsp3) is 0.600. The van der Waals surface area contributed by atoms with Crippen LogP contribution < -0.4 is 10.5 Å². The number of rotatable bonds is 6. The Kier molecular flexibility index (Phi) is 3.60. The van der Waals surface area contributed by atoms with Crippen LogP contribution in [0.3, 0.4) is 0 Å². The van der Waals surface area contributed by atoms with Gasteiger partial charge in [0.05, 0.1) is 4.90 Å². The van der Waals surface area contributed by atoms with Gasteiger partial charge in [-0.05, 0) is 62.1 Å². The van der Waals surface area contributed by atoms with Crippen LogP contribution in [0.15, 0.2) is 29.2 Å². The molecule has 1 atom stereocenters. The van der Waals surface area contributed by atoms with Gasteiger partial charge >= 0.3 is 0 Å². The quantitative estimate of drug-likeness (QED) is 0.844.